The first-order valence-electron chi connectivity index (χ1n) is 7.45. The van der Waals surface area contributed by atoms with E-state index < -0.39 is 0 Å². The van der Waals surface area contributed by atoms with Crippen molar-refractivity contribution in [2.24, 2.45) is 5.92 Å². The Kier molecular flexibility index (Phi) is 3.79. The van der Waals surface area contributed by atoms with Crippen molar-refractivity contribution in [3.05, 3.63) is 42.1 Å². The minimum Gasteiger partial charge on any atom is -0.317 e. The summed E-state index contributed by atoms with van der Waals surface area (Å²) in [5.74, 6) is 1.41. The number of piperidine rings is 1. The molecule has 1 aromatic heterocycles. The Bertz CT molecular complexity index is 544. The van der Waals surface area contributed by atoms with E-state index in [0.717, 1.165) is 24.5 Å². The Morgan fingerprint density at radius 2 is 1.95 bits per heavy atom. The quantitative estimate of drug-likeness (QED) is 0.902. The maximum Gasteiger partial charge on any atom is 0.0705 e. The molecule has 2 aromatic rings. The van der Waals surface area contributed by atoms with Gasteiger partial charge in [0.2, 0.25) is 0 Å². The van der Waals surface area contributed by atoms with E-state index in [2.05, 4.69) is 48.6 Å². The van der Waals surface area contributed by atoms with E-state index in [0.29, 0.717) is 5.92 Å². The van der Waals surface area contributed by atoms with Crippen molar-refractivity contribution in [3.8, 4) is 0 Å². The molecule has 100 valence electrons. The molecule has 2 heterocycles. The van der Waals surface area contributed by atoms with Gasteiger partial charge in [0.1, 0.15) is 0 Å². The first kappa shape index (κ1) is 12.6. The number of hydrogen-bond donors (Lipinski definition) is 1. The van der Waals surface area contributed by atoms with E-state index in [4.69, 9.17) is 4.98 Å². The second-order valence-corrected chi connectivity index (χ2v) is 5.53. The topological polar surface area (TPSA) is 24.9 Å². The van der Waals surface area contributed by atoms with Crippen LogP contribution in [0.3, 0.4) is 0 Å². The van der Waals surface area contributed by atoms with Crippen molar-refractivity contribution in [1.82, 2.24) is 10.3 Å². The molecule has 1 aliphatic rings. The number of fused-ring (bicyclic) bond motifs is 1. The Balaban J connectivity index is 1.91. The van der Waals surface area contributed by atoms with Crippen LogP contribution in [0.4, 0.5) is 0 Å². The molecule has 1 aliphatic heterocycles. The molecule has 0 radical (unpaired) electrons. The third-order valence-electron chi connectivity index (χ3n) is 4.39. The van der Waals surface area contributed by atoms with Crippen molar-refractivity contribution in [1.29, 1.82) is 0 Å². The number of pyridine rings is 1. The first-order valence-corrected chi connectivity index (χ1v) is 7.45. The van der Waals surface area contributed by atoms with Crippen LogP contribution >= 0.6 is 0 Å². The number of hydrogen-bond acceptors (Lipinski definition) is 2. The molecular weight excluding hydrogens is 232 g/mol. The molecule has 1 N–H and O–H groups in total. The van der Waals surface area contributed by atoms with E-state index in [1.807, 2.05) is 0 Å². The minimum atomic E-state index is 0.617. The van der Waals surface area contributed by atoms with Crippen molar-refractivity contribution < 1.29 is 0 Å². The van der Waals surface area contributed by atoms with Gasteiger partial charge in [0, 0.05) is 17.0 Å². The third-order valence-corrected chi connectivity index (χ3v) is 4.39. The lowest BCUT2D eigenvalue weighted by Gasteiger charge is -2.29. The highest BCUT2D eigenvalue weighted by Gasteiger charge is 2.24. The average Bonchev–Trinajstić information content (AvgIpc) is 2.49. The molecular formula is C17H22N2. The fraction of sp³-hybridized carbons (Fsp3) is 0.471. The van der Waals surface area contributed by atoms with Crippen molar-refractivity contribution in [2.75, 3.05) is 13.1 Å². The van der Waals surface area contributed by atoms with Crippen LogP contribution in [0, 0.1) is 5.92 Å². The molecule has 1 fully saturated rings. The van der Waals surface area contributed by atoms with Crippen LogP contribution in [0.2, 0.25) is 0 Å². The largest absolute Gasteiger partial charge is 0.317 e. The van der Waals surface area contributed by atoms with Gasteiger partial charge in [-0.05, 0) is 50.4 Å². The van der Waals surface area contributed by atoms with Gasteiger partial charge in [0.15, 0.2) is 0 Å². The summed E-state index contributed by atoms with van der Waals surface area (Å²) in [7, 11) is 0. The van der Waals surface area contributed by atoms with E-state index in [1.54, 1.807) is 0 Å². The van der Waals surface area contributed by atoms with Crippen LogP contribution < -0.4 is 5.32 Å². The number of aromatic nitrogens is 1. The second-order valence-electron chi connectivity index (χ2n) is 5.53. The molecule has 0 spiro atoms. The summed E-state index contributed by atoms with van der Waals surface area (Å²) in [5, 5.41) is 4.70. The summed E-state index contributed by atoms with van der Waals surface area (Å²) in [6, 6.07) is 12.9. The molecule has 2 heteroatoms. The summed E-state index contributed by atoms with van der Waals surface area (Å²) < 4.78 is 0. The van der Waals surface area contributed by atoms with Gasteiger partial charge in [-0.3, -0.25) is 4.98 Å². The molecule has 0 aliphatic carbocycles. The van der Waals surface area contributed by atoms with Gasteiger partial charge >= 0.3 is 0 Å². The van der Waals surface area contributed by atoms with Crippen molar-refractivity contribution in [2.45, 2.75) is 32.1 Å². The summed E-state index contributed by atoms with van der Waals surface area (Å²) >= 11 is 0. The molecule has 1 aromatic carbocycles. The molecule has 3 rings (SSSR count). The summed E-state index contributed by atoms with van der Waals surface area (Å²) in [5.41, 5.74) is 2.42. The predicted molar refractivity (Wildman–Crippen MR) is 80.4 cm³/mol. The van der Waals surface area contributed by atoms with Crippen molar-refractivity contribution in [3.63, 3.8) is 0 Å². The Hall–Kier alpha value is -1.41. The molecule has 0 bridgehead atoms. The van der Waals surface area contributed by atoms with Crippen LogP contribution in [0.5, 0.6) is 0 Å². The molecule has 0 amide bonds. The zero-order chi connectivity index (χ0) is 13.1. The molecule has 1 unspecified atom stereocenters. The predicted octanol–water partition coefficient (Wildman–Crippen LogP) is 3.73. The number of para-hydroxylation sites is 1. The van der Waals surface area contributed by atoms with E-state index >= 15 is 0 Å². The lowest BCUT2D eigenvalue weighted by molar-refractivity contribution is 0.309. The van der Waals surface area contributed by atoms with Crippen LogP contribution in [-0.4, -0.2) is 18.1 Å². The fourth-order valence-corrected chi connectivity index (χ4v) is 3.32. The summed E-state index contributed by atoms with van der Waals surface area (Å²) in [4.78, 5) is 4.90. The average molecular weight is 254 g/mol. The lowest BCUT2D eigenvalue weighted by Crippen LogP contribution is -2.31. The van der Waals surface area contributed by atoms with Crippen LogP contribution in [0.1, 0.15) is 37.8 Å². The number of nitrogens with one attached hydrogen (secondary N) is 1. The highest BCUT2D eigenvalue weighted by molar-refractivity contribution is 5.78. The zero-order valence-electron chi connectivity index (χ0n) is 11.6. The van der Waals surface area contributed by atoms with E-state index in [-0.39, 0.29) is 0 Å². The standard InChI is InChI=1S/C17H22N2/c1-2-15(13-9-11-18-12-10-13)17-8-7-14-5-3-4-6-16(14)19-17/h3-8,13,15,18H,2,9-12H2,1H3. The zero-order valence-corrected chi connectivity index (χ0v) is 11.6. The highest BCUT2D eigenvalue weighted by atomic mass is 14.9. The van der Waals surface area contributed by atoms with Gasteiger partial charge in [0.25, 0.3) is 0 Å². The maximum atomic E-state index is 4.90. The van der Waals surface area contributed by atoms with Gasteiger partial charge in [-0.25, -0.2) is 0 Å². The van der Waals surface area contributed by atoms with Gasteiger partial charge in [0.05, 0.1) is 5.52 Å². The van der Waals surface area contributed by atoms with Gasteiger partial charge < -0.3 is 5.32 Å². The van der Waals surface area contributed by atoms with E-state index in [9.17, 15) is 0 Å². The lowest BCUT2D eigenvalue weighted by atomic mass is 9.81. The molecule has 2 nitrogen and oxygen atoms in total. The Morgan fingerprint density at radius 3 is 2.74 bits per heavy atom. The highest BCUT2D eigenvalue weighted by Crippen LogP contribution is 2.33. The molecule has 0 saturated carbocycles. The Labute approximate surface area is 115 Å². The first-order chi connectivity index (χ1) is 9.38. The van der Waals surface area contributed by atoms with Crippen LogP contribution in [0.25, 0.3) is 10.9 Å². The number of benzene rings is 1. The Morgan fingerprint density at radius 1 is 1.16 bits per heavy atom. The molecule has 1 saturated heterocycles. The maximum absolute atomic E-state index is 4.90. The summed E-state index contributed by atoms with van der Waals surface area (Å²) in [6.07, 6.45) is 3.76. The second kappa shape index (κ2) is 5.70. The fourth-order valence-electron chi connectivity index (χ4n) is 3.32. The van der Waals surface area contributed by atoms with Crippen LogP contribution in [-0.2, 0) is 0 Å². The number of rotatable bonds is 3. The summed E-state index contributed by atoms with van der Waals surface area (Å²) in [6.45, 7) is 4.62. The van der Waals surface area contributed by atoms with Crippen molar-refractivity contribution >= 4 is 10.9 Å². The van der Waals surface area contributed by atoms with Gasteiger partial charge in [-0.1, -0.05) is 31.2 Å². The minimum absolute atomic E-state index is 0.617. The van der Waals surface area contributed by atoms with Crippen LogP contribution in [0.15, 0.2) is 36.4 Å². The van der Waals surface area contributed by atoms with E-state index in [1.165, 1.54) is 30.3 Å². The number of nitrogens with zero attached hydrogens (tertiary/aromatic N) is 1. The monoisotopic (exact) mass is 254 g/mol. The third kappa shape index (κ3) is 2.64. The van der Waals surface area contributed by atoms with Gasteiger partial charge in [-0.2, -0.15) is 0 Å². The SMILES string of the molecule is CCC(c1ccc2ccccc2n1)C1CCNCC1. The molecule has 1 atom stereocenters. The normalized spacial score (nSPS) is 18.6. The van der Waals surface area contributed by atoms with Gasteiger partial charge in [-0.15, -0.1) is 0 Å². The smallest absolute Gasteiger partial charge is 0.0705 e. The molecule has 19 heavy (non-hydrogen) atoms.